The van der Waals surface area contributed by atoms with Crippen LogP contribution in [-0.2, 0) is 36.5 Å². The summed E-state index contributed by atoms with van der Waals surface area (Å²) >= 11 is 8.17. The van der Waals surface area contributed by atoms with Crippen molar-refractivity contribution in [2.75, 3.05) is 57.5 Å². The molecule has 0 unspecified atom stereocenters. The van der Waals surface area contributed by atoms with Gasteiger partial charge in [0.15, 0.2) is 0 Å². The second-order valence-electron chi connectivity index (χ2n) is 14.7. The van der Waals surface area contributed by atoms with E-state index in [0.717, 1.165) is 63.5 Å². The maximum absolute atomic E-state index is 13.4. The lowest BCUT2D eigenvalue weighted by Gasteiger charge is -2.31. The van der Waals surface area contributed by atoms with Gasteiger partial charge in [-0.2, -0.15) is 4.31 Å². The van der Waals surface area contributed by atoms with Crippen molar-refractivity contribution < 1.29 is 53.0 Å². The van der Waals surface area contributed by atoms with Crippen LogP contribution in [0.3, 0.4) is 0 Å². The number of ether oxygens (including phenoxy) is 3. The predicted molar refractivity (Wildman–Crippen MR) is 214 cm³/mol. The number of pyridine rings is 1. The van der Waals surface area contributed by atoms with Crippen LogP contribution in [0.1, 0.15) is 49.7 Å². The molecule has 1 saturated heterocycles. The number of aliphatic hydroxyl groups excluding tert-OH is 5. The van der Waals surface area contributed by atoms with Gasteiger partial charge in [0.05, 0.1) is 43.9 Å². The first kappa shape index (κ1) is 43.7. The fraction of sp³-hybridized carbons (Fsp3) is 0.550. The topological polar surface area (TPSA) is 199 Å². The molecule has 4 atom stereocenters. The van der Waals surface area contributed by atoms with Crippen molar-refractivity contribution in [1.82, 2.24) is 14.2 Å². The molecule has 57 heavy (non-hydrogen) atoms. The molecule has 3 aromatic rings. The van der Waals surface area contributed by atoms with Gasteiger partial charge in [0.1, 0.15) is 30.2 Å². The summed E-state index contributed by atoms with van der Waals surface area (Å²) in [6, 6.07) is 15.8. The Hall–Kier alpha value is -2.87. The van der Waals surface area contributed by atoms with Crippen LogP contribution < -0.4 is 4.74 Å². The van der Waals surface area contributed by atoms with E-state index in [1.807, 2.05) is 48.7 Å². The zero-order valence-electron chi connectivity index (χ0n) is 31.7. The fourth-order valence-corrected chi connectivity index (χ4v) is 9.19. The first-order valence-electron chi connectivity index (χ1n) is 19.3. The average Bonchev–Trinajstić information content (AvgIpc) is 4.18. The van der Waals surface area contributed by atoms with Crippen LogP contribution in [0.2, 0.25) is 5.02 Å². The number of amides is 1. The fourth-order valence-electron chi connectivity index (χ4n) is 6.69. The molecule has 0 bridgehead atoms. The highest BCUT2D eigenvalue weighted by Crippen LogP contribution is 2.53. The molecule has 3 aliphatic rings. The van der Waals surface area contributed by atoms with Crippen molar-refractivity contribution in [3.8, 4) is 16.9 Å². The number of nitrogens with zero attached hydrogens (tertiary/aromatic N) is 3. The summed E-state index contributed by atoms with van der Waals surface area (Å²) in [6.45, 7) is -0.438. The number of carbonyl (C=O) groups excluding carboxylic acids is 1. The van der Waals surface area contributed by atoms with Gasteiger partial charge in [-0.15, -0.1) is 11.8 Å². The summed E-state index contributed by atoms with van der Waals surface area (Å²) in [6.07, 6.45) is 0.929. The summed E-state index contributed by atoms with van der Waals surface area (Å²) in [4.78, 5) is 20.0. The highest BCUT2D eigenvalue weighted by molar-refractivity contribution is 7.99. The number of rotatable bonds is 22. The molecule has 5 N–H and O–H groups in total. The third-order valence-corrected chi connectivity index (χ3v) is 13.7. The van der Waals surface area contributed by atoms with Crippen molar-refractivity contribution >= 4 is 39.3 Å². The van der Waals surface area contributed by atoms with Gasteiger partial charge in [-0.1, -0.05) is 29.8 Å². The Morgan fingerprint density at radius 3 is 2.49 bits per heavy atom. The van der Waals surface area contributed by atoms with Gasteiger partial charge in [0, 0.05) is 66.0 Å². The van der Waals surface area contributed by atoms with Gasteiger partial charge >= 0.3 is 0 Å². The number of aromatic nitrogens is 1. The number of halogens is 1. The van der Waals surface area contributed by atoms with Gasteiger partial charge in [-0.25, -0.2) is 8.42 Å². The van der Waals surface area contributed by atoms with Crippen molar-refractivity contribution in [3.05, 3.63) is 77.1 Å². The molecule has 2 saturated carbocycles. The summed E-state index contributed by atoms with van der Waals surface area (Å²) in [5.74, 6) is 0.520. The monoisotopic (exact) mass is 849 g/mol. The molecule has 2 heterocycles. The van der Waals surface area contributed by atoms with E-state index in [1.165, 1.54) is 16.1 Å². The second-order valence-corrected chi connectivity index (χ2v) is 18.4. The molecule has 3 fully saturated rings. The minimum Gasteiger partial charge on any atom is -0.490 e. The van der Waals surface area contributed by atoms with Crippen molar-refractivity contribution in [3.63, 3.8) is 0 Å². The molecule has 17 heteroatoms. The molecule has 1 amide bonds. The van der Waals surface area contributed by atoms with E-state index < -0.39 is 64.9 Å². The van der Waals surface area contributed by atoms with E-state index in [1.54, 1.807) is 6.20 Å². The lowest BCUT2D eigenvalue weighted by atomic mass is 9.96. The number of thioether (sulfide) groups is 1. The zero-order valence-corrected chi connectivity index (χ0v) is 34.1. The Labute approximate surface area is 342 Å². The minimum absolute atomic E-state index is 0.0174. The molecular weight excluding hydrogens is 798 g/mol. The Bertz CT molecular complexity index is 1910. The number of hydrogen-bond acceptors (Lipinski definition) is 13. The Balaban J connectivity index is 1.05. The number of hydrogen-bond donors (Lipinski definition) is 5. The molecule has 1 aliphatic heterocycles. The third-order valence-electron chi connectivity index (χ3n) is 10.4. The number of aliphatic hydroxyl groups is 5. The quantitative estimate of drug-likeness (QED) is 0.0732. The molecule has 2 aromatic carbocycles. The maximum atomic E-state index is 13.4. The first-order chi connectivity index (χ1) is 27.4. The molecule has 312 valence electrons. The molecular formula is C40H52ClN3O11S2. The van der Waals surface area contributed by atoms with E-state index in [9.17, 15) is 33.6 Å². The molecule has 2 aliphatic carbocycles. The van der Waals surface area contributed by atoms with Crippen LogP contribution in [-0.4, -0.2) is 142 Å². The predicted octanol–water partition coefficient (Wildman–Crippen LogP) is 2.95. The highest BCUT2D eigenvalue weighted by Gasteiger charge is 2.48. The standard InChI is InChI=1S/C40H52ClN3O11S2/c41-33-10-9-29(22-27(33)26-54-40(12-13-40)32-23-42-14-11-30(32)31-4-1-2-5-36(31)55-28-7-8-28)56-20-3-6-37(48)43(24-34(46)38(49)39(50)35(47)25-45)17-21-57(51,52)44-15-18-53-19-16-44/h1-2,4-5,9-11,14,22-23,28,34-35,38-39,45-47,49-50H,3,6-8,12-13,15-21,24-26H2/t34-,35+,38+,39+/m0/s1. The van der Waals surface area contributed by atoms with Crippen LogP contribution >= 0.6 is 23.4 Å². The summed E-state index contributed by atoms with van der Waals surface area (Å²) in [5.41, 5.74) is 3.37. The largest absolute Gasteiger partial charge is 0.490 e. The smallest absolute Gasteiger partial charge is 0.222 e. The average molecular weight is 850 g/mol. The molecule has 0 radical (unpaired) electrons. The third kappa shape index (κ3) is 11.7. The van der Waals surface area contributed by atoms with Gasteiger partial charge in [-0.3, -0.25) is 9.78 Å². The van der Waals surface area contributed by atoms with E-state index in [2.05, 4.69) is 11.1 Å². The summed E-state index contributed by atoms with van der Waals surface area (Å²) < 4.78 is 45.5. The number of morpholine rings is 1. The van der Waals surface area contributed by atoms with E-state index in [4.69, 9.17) is 30.9 Å². The molecule has 1 aromatic heterocycles. The van der Waals surface area contributed by atoms with E-state index in [0.29, 0.717) is 17.2 Å². The minimum atomic E-state index is -3.76. The lowest BCUT2D eigenvalue weighted by Crippen LogP contribution is -2.51. The Morgan fingerprint density at radius 1 is 1.04 bits per heavy atom. The number of carbonyl (C=O) groups is 1. The van der Waals surface area contributed by atoms with Crippen LogP contribution in [0, 0.1) is 0 Å². The lowest BCUT2D eigenvalue weighted by molar-refractivity contribution is -0.139. The summed E-state index contributed by atoms with van der Waals surface area (Å²) in [7, 11) is -3.76. The SMILES string of the molecule is O=C(CCCSc1ccc(Cl)c(COC2(c3cnccc3-c3ccccc3OC3CC3)CC2)c1)N(CCS(=O)(=O)N1CCOCC1)C[C@H](O)[C@@H](O)[C@H](O)[C@H](O)CO. The van der Waals surface area contributed by atoms with Gasteiger partial charge < -0.3 is 44.6 Å². The van der Waals surface area contributed by atoms with Crippen LogP contribution in [0.15, 0.2) is 65.8 Å². The van der Waals surface area contributed by atoms with Gasteiger partial charge in [0.25, 0.3) is 0 Å². The number of para-hydroxylation sites is 1. The summed E-state index contributed by atoms with van der Waals surface area (Å²) in [5, 5.41) is 50.6. The van der Waals surface area contributed by atoms with Crippen LogP contribution in [0.25, 0.3) is 11.1 Å². The van der Waals surface area contributed by atoms with Gasteiger partial charge in [0.2, 0.25) is 15.9 Å². The Kier molecular flexibility index (Phi) is 15.3. The van der Waals surface area contributed by atoms with Crippen molar-refractivity contribution in [2.24, 2.45) is 0 Å². The van der Waals surface area contributed by atoms with Crippen molar-refractivity contribution in [1.29, 1.82) is 0 Å². The molecule has 6 rings (SSSR count). The normalized spacial score (nSPS) is 19.1. The van der Waals surface area contributed by atoms with Crippen LogP contribution in [0.4, 0.5) is 0 Å². The highest BCUT2D eigenvalue weighted by atomic mass is 35.5. The first-order valence-corrected chi connectivity index (χ1v) is 22.3. The zero-order chi connectivity index (χ0) is 40.6. The Morgan fingerprint density at radius 2 is 1.77 bits per heavy atom. The number of sulfonamides is 1. The van der Waals surface area contributed by atoms with Crippen molar-refractivity contribution in [2.45, 2.75) is 86.1 Å². The van der Waals surface area contributed by atoms with Crippen LogP contribution in [0.5, 0.6) is 5.75 Å². The molecule has 0 spiro atoms. The van der Waals surface area contributed by atoms with E-state index in [-0.39, 0.29) is 52.0 Å². The number of benzene rings is 2. The maximum Gasteiger partial charge on any atom is 0.222 e. The van der Waals surface area contributed by atoms with E-state index >= 15 is 0 Å². The van der Waals surface area contributed by atoms with Gasteiger partial charge in [-0.05, 0) is 79.3 Å². The molecule has 14 nitrogen and oxygen atoms in total. The second kappa shape index (κ2) is 19.9.